The zero-order valence-corrected chi connectivity index (χ0v) is 17.9. The predicted molar refractivity (Wildman–Crippen MR) is 113 cm³/mol. The van der Waals surface area contributed by atoms with Gasteiger partial charge in [0.1, 0.15) is 12.4 Å². The number of nitrogens with zero attached hydrogens (tertiary/aromatic N) is 3. The van der Waals surface area contributed by atoms with Crippen molar-refractivity contribution in [3.05, 3.63) is 53.0 Å². The molecule has 1 aromatic carbocycles. The van der Waals surface area contributed by atoms with Gasteiger partial charge in [-0.05, 0) is 63.2 Å². The van der Waals surface area contributed by atoms with Gasteiger partial charge in [-0.15, -0.1) is 0 Å². The van der Waals surface area contributed by atoms with Gasteiger partial charge >= 0.3 is 0 Å². The van der Waals surface area contributed by atoms with Gasteiger partial charge < -0.3 is 18.7 Å². The average Bonchev–Trinajstić information content (AvgIpc) is 3.06. The van der Waals surface area contributed by atoms with Crippen LogP contribution in [0.1, 0.15) is 29.0 Å². The van der Waals surface area contributed by atoms with Crippen LogP contribution in [0, 0.1) is 13.8 Å². The van der Waals surface area contributed by atoms with E-state index in [2.05, 4.69) is 21.1 Å². The molecule has 0 atom stereocenters. The van der Waals surface area contributed by atoms with Crippen LogP contribution >= 0.6 is 0 Å². The molecule has 0 bridgehead atoms. The molecule has 0 radical (unpaired) electrons. The summed E-state index contributed by atoms with van der Waals surface area (Å²) in [5, 5.41) is 4.02. The molecule has 1 aliphatic rings. The first kappa shape index (κ1) is 20.2. The largest absolute Gasteiger partial charge is 0.493 e. The normalized spacial score (nSPS) is 13.7. The highest BCUT2D eigenvalue weighted by Gasteiger charge is 2.22. The molecule has 158 valence electrons. The number of benzene rings is 1. The van der Waals surface area contributed by atoms with Gasteiger partial charge in [-0.1, -0.05) is 5.16 Å². The van der Waals surface area contributed by atoms with Gasteiger partial charge in [0, 0.05) is 23.9 Å². The fraction of sp³-hybridized carbons (Fsp3) is 0.391. The van der Waals surface area contributed by atoms with Crippen molar-refractivity contribution in [3.8, 4) is 28.5 Å². The SMILES string of the molecule is COc1cc(-c2cccnc2OC)cc(CN2CCC2)c1OCc1c(C)noc1C. The van der Waals surface area contributed by atoms with Crippen molar-refractivity contribution in [1.29, 1.82) is 0 Å². The number of rotatable bonds is 8. The molecule has 0 saturated carbocycles. The summed E-state index contributed by atoms with van der Waals surface area (Å²) in [6, 6.07) is 8.02. The zero-order valence-electron chi connectivity index (χ0n) is 17.9. The van der Waals surface area contributed by atoms with Crippen molar-refractivity contribution >= 4 is 0 Å². The summed E-state index contributed by atoms with van der Waals surface area (Å²) < 4.78 is 22.8. The summed E-state index contributed by atoms with van der Waals surface area (Å²) in [6.45, 7) is 7.17. The van der Waals surface area contributed by atoms with Crippen LogP contribution in [0.3, 0.4) is 0 Å². The Hall–Kier alpha value is -3.06. The monoisotopic (exact) mass is 409 g/mol. The molecule has 7 nitrogen and oxygen atoms in total. The lowest BCUT2D eigenvalue weighted by molar-refractivity contribution is 0.168. The van der Waals surface area contributed by atoms with Gasteiger partial charge in [0.05, 0.1) is 25.5 Å². The topological polar surface area (TPSA) is 69.9 Å². The third-order valence-corrected chi connectivity index (χ3v) is 5.51. The van der Waals surface area contributed by atoms with E-state index in [4.69, 9.17) is 18.7 Å². The summed E-state index contributed by atoms with van der Waals surface area (Å²) in [7, 11) is 3.29. The highest BCUT2D eigenvalue weighted by atomic mass is 16.5. The Bertz CT molecular complexity index is 1010. The third kappa shape index (κ3) is 3.98. The minimum absolute atomic E-state index is 0.375. The lowest BCUT2D eigenvalue weighted by Crippen LogP contribution is -2.36. The molecule has 1 saturated heterocycles. The molecular weight excluding hydrogens is 382 g/mol. The Morgan fingerprint density at radius 3 is 2.60 bits per heavy atom. The number of ether oxygens (including phenoxy) is 3. The Morgan fingerprint density at radius 2 is 1.97 bits per heavy atom. The molecule has 0 amide bonds. The van der Waals surface area contributed by atoms with E-state index in [1.807, 2.05) is 32.0 Å². The maximum Gasteiger partial charge on any atom is 0.221 e. The van der Waals surface area contributed by atoms with E-state index < -0.39 is 0 Å². The summed E-state index contributed by atoms with van der Waals surface area (Å²) >= 11 is 0. The van der Waals surface area contributed by atoms with Crippen LogP contribution in [0.2, 0.25) is 0 Å². The lowest BCUT2D eigenvalue weighted by Gasteiger charge is -2.31. The van der Waals surface area contributed by atoms with Crippen LogP contribution in [0.25, 0.3) is 11.1 Å². The lowest BCUT2D eigenvalue weighted by atomic mass is 10.0. The predicted octanol–water partition coefficient (Wildman–Crippen LogP) is 4.16. The number of likely N-dealkylation sites (tertiary alicyclic amines) is 1. The number of aryl methyl sites for hydroxylation is 2. The van der Waals surface area contributed by atoms with E-state index in [-0.39, 0.29) is 0 Å². The summed E-state index contributed by atoms with van der Waals surface area (Å²) in [5.41, 5.74) is 4.77. The van der Waals surface area contributed by atoms with Crippen molar-refractivity contribution in [2.24, 2.45) is 0 Å². The van der Waals surface area contributed by atoms with Gasteiger partial charge in [-0.3, -0.25) is 4.90 Å². The second kappa shape index (κ2) is 8.75. The molecule has 7 heteroatoms. The molecule has 1 fully saturated rings. The van der Waals surface area contributed by atoms with Crippen LogP contribution in [0.4, 0.5) is 0 Å². The van der Waals surface area contributed by atoms with Crippen molar-refractivity contribution in [2.45, 2.75) is 33.4 Å². The highest BCUT2D eigenvalue weighted by Crippen LogP contribution is 2.40. The summed E-state index contributed by atoms with van der Waals surface area (Å²) in [6.07, 6.45) is 2.95. The van der Waals surface area contributed by atoms with E-state index in [1.54, 1.807) is 20.4 Å². The van der Waals surface area contributed by atoms with Crippen LogP contribution in [-0.4, -0.2) is 42.3 Å². The molecule has 0 aliphatic carbocycles. The molecule has 0 spiro atoms. The average molecular weight is 409 g/mol. The maximum atomic E-state index is 6.28. The second-order valence-corrected chi connectivity index (χ2v) is 7.45. The van der Waals surface area contributed by atoms with Gasteiger partial charge in [-0.2, -0.15) is 0 Å². The molecule has 0 unspecified atom stereocenters. The highest BCUT2D eigenvalue weighted by molar-refractivity contribution is 5.73. The van der Waals surface area contributed by atoms with E-state index in [9.17, 15) is 0 Å². The van der Waals surface area contributed by atoms with E-state index in [0.717, 1.165) is 59.1 Å². The summed E-state index contributed by atoms with van der Waals surface area (Å²) in [4.78, 5) is 6.73. The van der Waals surface area contributed by atoms with Gasteiger partial charge in [0.2, 0.25) is 5.88 Å². The van der Waals surface area contributed by atoms with Crippen molar-refractivity contribution in [1.82, 2.24) is 15.0 Å². The van der Waals surface area contributed by atoms with Crippen molar-refractivity contribution in [3.63, 3.8) is 0 Å². The molecule has 3 heterocycles. The molecule has 4 rings (SSSR count). The first-order valence-electron chi connectivity index (χ1n) is 10.1. The van der Waals surface area contributed by atoms with Crippen LogP contribution in [0.15, 0.2) is 35.0 Å². The summed E-state index contributed by atoms with van der Waals surface area (Å²) in [5.74, 6) is 2.78. The van der Waals surface area contributed by atoms with E-state index in [1.165, 1.54) is 6.42 Å². The molecule has 1 aliphatic heterocycles. The molecular formula is C23H27N3O4. The van der Waals surface area contributed by atoms with Crippen LogP contribution < -0.4 is 14.2 Å². The number of hydrogen-bond donors (Lipinski definition) is 0. The molecule has 2 aromatic heterocycles. The number of pyridine rings is 1. The Kier molecular flexibility index (Phi) is 5.90. The minimum atomic E-state index is 0.375. The standard InChI is InChI=1S/C23H27N3O4/c1-15-20(16(2)30-25-15)14-29-22-18(13-26-9-6-10-26)11-17(12-21(22)27-3)19-7-5-8-24-23(19)28-4/h5,7-8,11-12H,6,9-10,13-14H2,1-4H3. The molecule has 3 aromatic rings. The van der Waals surface area contributed by atoms with Gasteiger partial charge in [-0.25, -0.2) is 4.98 Å². The number of methoxy groups -OCH3 is 2. The quantitative estimate of drug-likeness (QED) is 0.553. The van der Waals surface area contributed by atoms with Gasteiger partial charge in [0.15, 0.2) is 11.5 Å². The fourth-order valence-electron chi connectivity index (χ4n) is 3.65. The van der Waals surface area contributed by atoms with Crippen LogP contribution in [0.5, 0.6) is 17.4 Å². The van der Waals surface area contributed by atoms with Gasteiger partial charge in [0.25, 0.3) is 0 Å². The Morgan fingerprint density at radius 1 is 1.13 bits per heavy atom. The third-order valence-electron chi connectivity index (χ3n) is 5.51. The maximum absolute atomic E-state index is 6.28. The van der Waals surface area contributed by atoms with E-state index >= 15 is 0 Å². The first-order valence-corrected chi connectivity index (χ1v) is 10.1. The van der Waals surface area contributed by atoms with Crippen LogP contribution in [-0.2, 0) is 13.2 Å². The Balaban J connectivity index is 1.73. The smallest absolute Gasteiger partial charge is 0.221 e. The van der Waals surface area contributed by atoms with E-state index in [0.29, 0.717) is 18.2 Å². The van der Waals surface area contributed by atoms with Crippen molar-refractivity contribution < 1.29 is 18.7 Å². The second-order valence-electron chi connectivity index (χ2n) is 7.45. The molecule has 30 heavy (non-hydrogen) atoms. The Labute approximate surface area is 176 Å². The number of hydrogen-bond acceptors (Lipinski definition) is 7. The minimum Gasteiger partial charge on any atom is -0.493 e. The molecule has 0 N–H and O–H groups in total. The zero-order chi connectivity index (χ0) is 21.1. The first-order chi connectivity index (χ1) is 14.6. The fourth-order valence-corrected chi connectivity index (χ4v) is 3.65. The number of aromatic nitrogens is 2. The van der Waals surface area contributed by atoms with Crippen molar-refractivity contribution in [2.75, 3.05) is 27.3 Å².